The van der Waals surface area contributed by atoms with E-state index in [4.69, 9.17) is 10.5 Å². The molecule has 0 spiro atoms. The topological polar surface area (TPSA) is 35.2 Å². The second-order valence-corrected chi connectivity index (χ2v) is 3.96. The Morgan fingerprint density at radius 1 is 1.33 bits per heavy atom. The lowest BCUT2D eigenvalue weighted by molar-refractivity contribution is 0.413. The van der Waals surface area contributed by atoms with E-state index in [1.165, 1.54) is 18.4 Å². The summed E-state index contributed by atoms with van der Waals surface area (Å²) in [5.74, 6) is 1.53. The van der Waals surface area contributed by atoms with Crippen LogP contribution in [0.2, 0.25) is 0 Å². The predicted molar refractivity (Wildman–Crippen MR) is 64.3 cm³/mol. The van der Waals surface area contributed by atoms with Crippen molar-refractivity contribution in [1.82, 2.24) is 0 Å². The van der Waals surface area contributed by atoms with E-state index < -0.39 is 0 Å². The molecule has 0 amide bonds. The van der Waals surface area contributed by atoms with Gasteiger partial charge in [-0.25, -0.2) is 0 Å². The first-order valence-corrected chi connectivity index (χ1v) is 5.62. The molecule has 0 aliphatic heterocycles. The van der Waals surface area contributed by atoms with Crippen LogP contribution in [0.1, 0.15) is 37.7 Å². The van der Waals surface area contributed by atoms with Crippen LogP contribution < -0.4 is 10.5 Å². The van der Waals surface area contributed by atoms with Crippen LogP contribution >= 0.6 is 0 Å². The molecule has 1 aromatic rings. The molecule has 0 bridgehead atoms. The Labute approximate surface area is 92.4 Å². The molecule has 1 rings (SSSR count). The molecule has 0 heterocycles. The van der Waals surface area contributed by atoms with Gasteiger partial charge in [-0.3, -0.25) is 0 Å². The van der Waals surface area contributed by atoms with Crippen molar-refractivity contribution >= 4 is 0 Å². The van der Waals surface area contributed by atoms with Gasteiger partial charge in [-0.15, -0.1) is 0 Å². The zero-order chi connectivity index (χ0) is 11.1. The Balaban J connectivity index is 2.52. The first-order chi connectivity index (χ1) is 7.27. The zero-order valence-corrected chi connectivity index (χ0v) is 9.70. The van der Waals surface area contributed by atoms with Gasteiger partial charge in [0.25, 0.3) is 0 Å². The minimum Gasteiger partial charge on any atom is -0.497 e. The van der Waals surface area contributed by atoms with E-state index in [0.29, 0.717) is 5.92 Å². The summed E-state index contributed by atoms with van der Waals surface area (Å²) in [6.07, 6.45) is 3.52. The molecular formula is C13H21NO. The van der Waals surface area contributed by atoms with Gasteiger partial charge in [0.05, 0.1) is 7.11 Å². The highest BCUT2D eigenvalue weighted by atomic mass is 16.5. The summed E-state index contributed by atoms with van der Waals surface area (Å²) < 4.78 is 5.21. The van der Waals surface area contributed by atoms with Crippen LogP contribution in [0.4, 0.5) is 0 Å². The highest BCUT2D eigenvalue weighted by Crippen LogP contribution is 2.24. The quantitative estimate of drug-likeness (QED) is 0.728. The minimum absolute atomic E-state index is 0.589. The largest absolute Gasteiger partial charge is 0.497 e. The summed E-state index contributed by atoms with van der Waals surface area (Å²) >= 11 is 0. The van der Waals surface area contributed by atoms with Crippen LogP contribution in [0.15, 0.2) is 24.3 Å². The Hall–Kier alpha value is -1.02. The van der Waals surface area contributed by atoms with E-state index in [-0.39, 0.29) is 0 Å². The van der Waals surface area contributed by atoms with Crippen LogP contribution in [0.5, 0.6) is 5.75 Å². The molecule has 1 unspecified atom stereocenters. The second kappa shape index (κ2) is 6.46. The van der Waals surface area contributed by atoms with Crippen molar-refractivity contribution in [3.63, 3.8) is 0 Å². The SMILES string of the molecule is COc1cccc(C(C)CCCCN)c1. The first-order valence-electron chi connectivity index (χ1n) is 5.62. The molecule has 2 heteroatoms. The number of benzene rings is 1. The molecule has 2 nitrogen and oxygen atoms in total. The number of hydrogen-bond donors (Lipinski definition) is 1. The molecule has 0 aliphatic carbocycles. The van der Waals surface area contributed by atoms with Crippen molar-refractivity contribution in [3.8, 4) is 5.75 Å². The van der Waals surface area contributed by atoms with Crippen LogP contribution in [-0.2, 0) is 0 Å². The molecule has 1 aromatic carbocycles. The van der Waals surface area contributed by atoms with Gasteiger partial charge in [-0.2, -0.15) is 0 Å². The van der Waals surface area contributed by atoms with Crippen molar-refractivity contribution in [3.05, 3.63) is 29.8 Å². The van der Waals surface area contributed by atoms with Gasteiger partial charge in [0.1, 0.15) is 5.75 Å². The van der Waals surface area contributed by atoms with E-state index in [1.807, 2.05) is 12.1 Å². The zero-order valence-electron chi connectivity index (χ0n) is 9.70. The Morgan fingerprint density at radius 3 is 2.80 bits per heavy atom. The normalized spacial score (nSPS) is 12.5. The average molecular weight is 207 g/mol. The molecule has 1 atom stereocenters. The number of rotatable bonds is 6. The highest BCUT2D eigenvalue weighted by Gasteiger charge is 2.05. The van der Waals surface area contributed by atoms with E-state index in [9.17, 15) is 0 Å². The highest BCUT2D eigenvalue weighted by molar-refractivity contribution is 5.30. The average Bonchev–Trinajstić information content (AvgIpc) is 2.29. The summed E-state index contributed by atoms with van der Waals surface area (Å²) in [4.78, 5) is 0. The molecule has 15 heavy (non-hydrogen) atoms. The summed E-state index contributed by atoms with van der Waals surface area (Å²) in [6.45, 7) is 3.05. The molecule has 2 N–H and O–H groups in total. The molecule has 0 saturated carbocycles. The van der Waals surface area contributed by atoms with Crippen LogP contribution in [-0.4, -0.2) is 13.7 Å². The Kier molecular flexibility index (Phi) is 5.19. The third kappa shape index (κ3) is 3.92. The van der Waals surface area contributed by atoms with Crippen LogP contribution in [0.3, 0.4) is 0 Å². The lowest BCUT2D eigenvalue weighted by Crippen LogP contribution is -2.00. The van der Waals surface area contributed by atoms with Gasteiger partial charge >= 0.3 is 0 Å². The second-order valence-electron chi connectivity index (χ2n) is 3.96. The summed E-state index contributed by atoms with van der Waals surface area (Å²) in [6, 6.07) is 8.31. The maximum absolute atomic E-state index is 5.48. The molecule has 0 aromatic heterocycles. The third-order valence-electron chi connectivity index (χ3n) is 2.75. The molecule has 0 fully saturated rings. The third-order valence-corrected chi connectivity index (χ3v) is 2.75. The van der Waals surface area contributed by atoms with Crippen LogP contribution in [0.25, 0.3) is 0 Å². The van der Waals surface area contributed by atoms with Crippen molar-refractivity contribution in [1.29, 1.82) is 0 Å². The number of ether oxygens (including phenoxy) is 1. The smallest absolute Gasteiger partial charge is 0.119 e. The molecule has 0 radical (unpaired) electrons. The Morgan fingerprint density at radius 2 is 2.13 bits per heavy atom. The van der Waals surface area contributed by atoms with Gasteiger partial charge in [0, 0.05) is 0 Å². The minimum atomic E-state index is 0.589. The van der Waals surface area contributed by atoms with E-state index >= 15 is 0 Å². The maximum atomic E-state index is 5.48. The fourth-order valence-corrected chi connectivity index (χ4v) is 1.71. The molecular weight excluding hydrogens is 186 g/mol. The van der Waals surface area contributed by atoms with Crippen molar-refractivity contribution in [2.24, 2.45) is 5.73 Å². The van der Waals surface area contributed by atoms with Gasteiger partial charge in [0.2, 0.25) is 0 Å². The fraction of sp³-hybridized carbons (Fsp3) is 0.538. The molecule has 84 valence electrons. The summed E-state index contributed by atoms with van der Waals surface area (Å²) in [5, 5.41) is 0. The molecule has 0 aliphatic rings. The number of methoxy groups -OCH3 is 1. The lowest BCUT2D eigenvalue weighted by Gasteiger charge is -2.12. The standard InChI is InChI=1S/C13H21NO/c1-11(6-3-4-9-14)12-7-5-8-13(10-12)15-2/h5,7-8,10-11H,3-4,6,9,14H2,1-2H3. The number of nitrogens with two attached hydrogens (primary N) is 1. The Bertz CT molecular complexity index is 286. The number of unbranched alkanes of at least 4 members (excludes halogenated alkanes) is 1. The lowest BCUT2D eigenvalue weighted by atomic mass is 9.95. The first kappa shape index (κ1) is 12.1. The van der Waals surface area contributed by atoms with Gasteiger partial charge in [-0.1, -0.05) is 25.5 Å². The predicted octanol–water partition coefficient (Wildman–Crippen LogP) is 2.93. The van der Waals surface area contributed by atoms with Gasteiger partial charge < -0.3 is 10.5 Å². The van der Waals surface area contributed by atoms with E-state index in [1.54, 1.807) is 7.11 Å². The monoisotopic (exact) mass is 207 g/mol. The summed E-state index contributed by atoms with van der Waals surface area (Å²) in [5.41, 5.74) is 6.83. The van der Waals surface area contributed by atoms with Crippen LogP contribution in [0, 0.1) is 0 Å². The van der Waals surface area contributed by atoms with Crippen molar-refractivity contribution in [2.75, 3.05) is 13.7 Å². The van der Waals surface area contributed by atoms with Crippen molar-refractivity contribution < 1.29 is 4.74 Å². The van der Waals surface area contributed by atoms with E-state index in [0.717, 1.165) is 18.7 Å². The fourth-order valence-electron chi connectivity index (χ4n) is 1.71. The van der Waals surface area contributed by atoms with Gasteiger partial charge in [-0.05, 0) is 43.0 Å². The molecule has 0 saturated heterocycles. The van der Waals surface area contributed by atoms with E-state index in [2.05, 4.69) is 19.1 Å². The number of hydrogen-bond acceptors (Lipinski definition) is 2. The van der Waals surface area contributed by atoms with Crippen molar-refractivity contribution in [2.45, 2.75) is 32.1 Å². The maximum Gasteiger partial charge on any atom is 0.119 e. The summed E-state index contributed by atoms with van der Waals surface area (Å²) in [7, 11) is 1.71. The van der Waals surface area contributed by atoms with Gasteiger partial charge in [0.15, 0.2) is 0 Å².